The number of nitrogens with one attached hydrogen (secondary N) is 1. The smallest absolute Gasteiger partial charge is 0.145 e. The van der Waals surface area contributed by atoms with Gasteiger partial charge in [0.25, 0.3) is 0 Å². The zero-order valence-electron chi connectivity index (χ0n) is 12.7. The van der Waals surface area contributed by atoms with E-state index in [0.29, 0.717) is 42.4 Å². The molecular weight excluding hydrogens is 320 g/mol. The summed E-state index contributed by atoms with van der Waals surface area (Å²) in [5.74, 6) is 0.351. The van der Waals surface area contributed by atoms with Crippen molar-refractivity contribution in [2.75, 3.05) is 35.7 Å². The summed E-state index contributed by atoms with van der Waals surface area (Å²) in [4.78, 5) is 0. The van der Waals surface area contributed by atoms with Crippen molar-refractivity contribution in [3.63, 3.8) is 0 Å². The summed E-state index contributed by atoms with van der Waals surface area (Å²) >= 11 is 0. The minimum absolute atomic E-state index is 0. The Balaban J connectivity index is 0.00000264. The lowest BCUT2D eigenvalue weighted by atomic mass is 10.1. The molecule has 0 spiro atoms. The number of aromatic nitrogens is 2. The Morgan fingerprint density at radius 3 is 2.52 bits per heavy atom. The standard InChI is InChI=1S/C14H22N6O2.ClH/c15-11-2-1-10(7-9(11)3-5-21)18-8-12-13(16)14(17)20(19-12)4-6-22;/h1-2,7,18,21-22H,3-6,8,15-17H2;1H. The number of hydrogen-bond donors (Lipinski definition) is 6. The van der Waals surface area contributed by atoms with Gasteiger partial charge in [0, 0.05) is 18.0 Å². The number of nitrogens with two attached hydrogens (primary N) is 3. The van der Waals surface area contributed by atoms with Gasteiger partial charge in [-0.1, -0.05) is 0 Å². The molecule has 1 aromatic carbocycles. The topological polar surface area (TPSA) is 148 Å². The Morgan fingerprint density at radius 1 is 1.13 bits per heavy atom. The molecule has 23 heavy (non-hydrogen) atoms. The number of halogens is 1. The van der Waals surface area contributed by atoms with Gasteiger partial charge in [-0.3, -0.25) is 0 Å². The predicted molar refractivity (Wildman–Crippen MR) is 94.4 cm³/mol. The largest absolute Gasteiger partial charge is 0.399 e. The van der Waals surface area contributed by atoms with Crippen LogP contribution in [0.1, 0.15) is 11.3 Å². The SMILES string of the molecule is Cl.Nc1ccc(NCc2nn(CCO)c(N)c2N)cc1CCO. The molecule has 0 aliphatic carbocycles. The number of anilines is 4. The van der Waals surface area contributed by atoms with Gasteiger partial charge in [-0.05, 0) is 30.2 Å². The fourth-order valence-corrected chi connectivity index (χ4v) is 2.17. The number of hydrogen-bond acceptors (Lipinski definition) is 7. The minimum Gasteiger partial charge on any atom is -0.399 e. The molecule has 2 rings (SSSR count). The maximum atomic E-state index is 9.02. The monoisotopic (exact) mass is 342 g/mol. The number of aliphatic hydroxyl groups is 2. The van der Waals surface area contributed by atoms with E-state index in [4.69, 9.17) is 27.4 Å². The molecule has 0 amide bonds. The Labute approximate surface area is 140 Å². The zero-order valence-corrected chi connectivity index (χ0v) is 13.5. The van der Waals surface area contributed by atoms with Crippen LogP contribution in [0.15, 0.2) is 18.2 Å². The molecule has 0 radical (unpaired) electrons. The molecule has 0 unspecified atom stereocenters. The van der Waals surface area contributed by atoms with Crippen molar-refractivity contribution in [1.29, 1.82) is 0 Å². The second-order valence-electron chi connectivity index (χ2n) is 4.93. The fraction of sp³-hybridized carbons (Fsp3) is 0.357. The zero-order chi connectivity index (χ0) is 16.1. The first-order valence-electron chi connectivity index (χ1n) is 7.01. The third kappa shape index (κ3) is 4.41. The van der Waals surface area contributed by atoms with E-state index in [2.05, 4.69) is 10.4 Å². The molecule has 0 saturated heterocycles. The summed E-state index contributed by atoms with van der Waals surface area (Å²) in [5.41, 5.74) is 21.0. The highest BCUT2D eigenvalue weighted by Crippen LogP contribution is 2.22. The van der Waals surface area contributed by atoms with Crippen LogP contribution in [-0.2, 0) is 19.5 Å². The van der Waals surface area contributed by atoms with Crippen LogP contribution >= 0.6 is 12.4 Å². The van der Waals surface area contributed by atoms with E-state index < -0.39 is 0 Å². The Hall–Kier alpha value is -2.16. The highest BCUT2D eigenvalue weighted by Gasteiger charge is 2.12. The van der Waals surface area contributed by atoms with Crippen molar-refractivity contribution in [1.82, 2.24) is 9.78 Å². The average molecular weight is 343 g/mol. The molecule has 128 valence electrons. The van der Waals surface area contributed by atoms with Crippen molar-refractivity contribution in [2.45, 2.75) is 19.5 Å². The highest BCUT2D eigenvalue weighted by atomic mass is 35.5. The van der Waals surface area contributed by atoms with Gasteiger partial charge in [0.1, 0.15) is 11.5 Å². The van der Waals surface area contributed by atoms with Crippen LogP contribution in [0.25, 0.3) is 0 Å². The summed E-state index contributed by atoms with van der Waals surface area (Å²) in [6.07, 6.45) is 0.502. The number of nitrogens with zero attached hydrogens (tertiary/aromatic N) is 2. The van der Waals surface area contributed by atoms with Gasteiger partial charge >= 0.3 is 0 Å². The van der Waals surface area contributed by atoms with E-state index in [0.717, 1.165) is 11.3 Å². The molecule has 2 aromatic rings. The van der Waals surface area contributed by atoms with Crippen molar-refractivity contribution in [3.05, 3.63) is 29.5 Å². The molecule has 0 atom stereocenters. The summed E-state index contributed by atoms with van der Waals surface area (Å²) in [6, 6.07) is 5.52. The van der Waals surface area contributed by atoms with Gasteiger partial charge in [0.15, 0.2) is 0 Å². The predicted octanol–water partition coefficient (Wildman–Crippen LogP) is 0.191. The van der Waals surface area contributed by atoms with Crippen molar-refractivity contribution >= 4 is 35.3 Å². The molecule has 0 aliphatic heterocycles. The van der Waals surface area contributed by atoms with Crippen LogP contribution < -0.4 is 22.5 Å². The van der Waals surface area contributed by atoms with Gasteiger partial charge < -0.3 is 32.7 Å². The van der Waals surface area contributed by atoms with Crippen LogP contribution in [0.4, 0.5) is 22.9 Å². The maximum Gasteiger partial charge on any atom is 0.145 e. The lowest BCUT2D eigenvalue weighted by Crippen LogP contribution is -2.08. The molecule has 8 nitrogen and oxygen atoms in total. The average Bonchev–Trinajstić information content (AvgIpc) is 2.77. The van der Waals surface area contributed by atoms with E-state index in [1.807, 2.05) is 12.1 Å². The molecule has 1 heterocycles. The number of rotatable bonds is 7. The van der Waals surface area contributed by atoms with Gasteiger partial charge in [-0.2, -0.15) is 5.10 Å². The molecule has 0 saturated carbocycles. The maximum absolute atomic E-state index is 9.02. The van der Waals surface area contributed by atoms with Gasteiger partial charge in [0.05, 0.1) is 25.4 Å². The van der Waals surface area contributed by atoms with Crippen molar-refractivity contribution in [3.8, 4) is 0 Å². The summed E-state index contributed by atoms with van der Waals surface area (Å²) in [7, 11) is 0. The van der Waals surface area contributed by atoms with E-state index in [-0.39, 0.29) is 25.6 Å². The van der Waals surface area contributed by atoms with E-state index >= 15 is 0 Å². The third-order valence-electron chi connectivity index (χ3n) is 3.40. The Bertz CT molecular complexity index is 646. The van der Waals surface area contributed by atoms with Crippen LogP contribution in [0.5, 0.6) is 0 Å². The summed E-state index contributed by atoms with van der Waals surface area (Å²) in [6.45, 7) is 0.693. The van der Waals surface area contributed by atoms with Crippen LogP contribution in [0.3, 0.4) is 0 Å². The fourth-order valence-electron chi connectivity index (χ4n) is 2.17. The number of benzene rings is 1. The van der Waals surface area contributed by atoms with Crippen LogP contribution in [-0.4, -0.2) is 33.2 Å². The van der Waals surface area contributed by atoms with E-state index in [1.165, 1.54) is 4.68 Å². The summed E-state index contributed by atoms with van der Waals surface area (Å²) in [5, 5.41) is 25.4. The molecule has 0 aliphatic rings. The van der Waals surface area contributed by atoms with E-state index in [9.17, 15) is 0 Å². The van der Waals surface area contributed by atoms with Gasteiger partial charge in [-0.15, -0.1) is 12.4 Å². The molecule has 0 bridgehead atoms. The molecule has 1 aromatic heterocycles. The molecule has 9 N–H and O–H groups in total. The minimum atomic E-state index is -0.0549. The van der Waals surface area contributed by atoms with Crippen LogP contribution in [0, 0.1) is 0 Å². The quantitative estimate of drug-likeness (QED) is 0.393. The molecule has 9 heteroatoms. The lowest BCUT2D eigenvalue weighted by molar-refractivity contribution is 0.270. The first kappa shape index (κ1) is 18.9. The molecule has 0 fully saturated rings. The highest BCUT2D eigenvalue weighted by molar-refractivity contribution is 5.85. The number of nitrogen functional groups attached to an aromatic ring is 3. The first-order chi connectivity index (χ1) is 10.6. The van der Waals surface area contributed by atoms with Crippen LogP contribution in [0.2, 0.25) is 0 Å². The van der Waals surface area contributed by atoms with Crippen molar-refractivity contribution in [2.24, 2.45) is 0 Å². The summed E-state index contributed by atoms with van der Waals surface area (Å²) < 4.78 is 1.48. The van der Waals surface area contributed by atoms with Crippen molar-refractivity contribution < 1.29 is 10.2 Å². The third-order valence-corrected chi connectivity index (χ3v) is 3.40. The van der Waals surface area contributed by atoms with E-state index in [1.54, 1.807) is 6.07 Å². The second kappa shape index (κ2) is 8.47. The Morgan fingerprint density at radius 2 is 1.87 bits per heavy atom. The normalized spacial score (nSPS) is 10.3. The Kier molecular flexibility index (Phi) is 6.95. The molecular formula is C14H23ClN6O2. The van der Waals surface area contributed by atoms with Gasteiger partial charge in [-0.25, -0.2) is 4.68 Å². The lowest BCUT2D eigenvalue weighted by Gasteiger charge is -2.09. The number of aliphatic hydroxyl groups excluding tert-OH is 2. The first-order valence-corrected chi connectivity index (χ1v) is 7.01. The van der Waals surface area contributed by atoms with Gasteiger partial charge in [0.2, 0.25) is 0 Å². The second-order valence-corrected chi connectivity index (χ2v) is 4.93.